The lowest BCUT2D eigenvalue weighted by molar-refractivity contribution is -0.157. The average Bonchev–Trinajstić information content (AvgIpc) is 2.85. The van der Waals surface area contributed by atoms with Crippen LogP contribution in [0.3, 0.4) is 0 Å². The summed E-state index contributed by atoms with van der Waals surface area (Å²) in [5.41, 5.74) is 1.78. The monoisotopic (exact) mass is 539 g/mol. The van der Waals surface area contributed by atoms with Crippen LogP contribution in [0.1, 0.15) is 57.0 Å². The maximum atomic E-state index is 12.0. The van der Waals surface area contributed by atoms with E-state index in [0.29, 0.717) is 17.5 Å². The van der Waals surface area contributed by atoms with Crippen LogP contribution in [0.4, 0.5) is 0 Å². The second-order valence-corrected chi connectivity index (χ2v) is 11.0. The van der Waals surface area contributed by atoms with E-state index in [1.807, 2.05) is 50.4 Å². The van der Waals surface area contributed by atoms with Crippen LogP contribution >= 0.6 is 23.4 Å². The third kappa shape index (κ3) is 7.61. The third-order valence-electron chi connectivity index (χ3n) is 5.48. The largest absolute Gasteiger partial charge is 0.487 e. The van der Waals surface area contributed by atoms with Crippen molar-refractivity contribution in [3.63, 3.8) is 0 Å². The Morgan fingerprint density at radius 3 is 2.38 bits per heavy atom. The van der Waals surface area contributed by atoms with Crippen molar-refractivity contribution in [3.8, 4) is 17.6 Å². The van der Waals surface area contributed by atoms with Crippen LogP contribution in [0.25, 0.3) is 0 Å². The molecule has 0 N–H and O–H groups in total. The van der Waals surface area contributed by atoms with Gasteiger partial charge in [-0.1, -0.05) is 49.3 Å². The highest BCUT2D eigenvalue weighted by Gasteiger charge is 2.26. The molecule has 1 heterocycles. The molecule has 0 atom stereocenters. The first-order chi connectivity index (χ1) is 17.4. The molecule has 0 spiro atoms. The maximum absolute atomic E-state index is 12.0. The highest BCUT2D eigenvalue weighted by Crippen LogP contribution is 2.38. The van der Waals surface area contributed by atoms with E-state index >= 15 is 0 Å². The lowest BCUT2D eigenvalue weighted by atomic mass is 9.77. The minimum atomic E-state index is -0.634. The standard InChI is InChI=1S/C28H30ClN3O4S/c1-27(2,3)36-24(33)17-35-25-18(15-30)13-20(14-23(25)29)28(4,5)19-7-9-22(10-8-19)34-16-21-11-12-31-26(32-21)37-6/h7-14H,16-17H2,1-6H3. The molecule has 0 radical (unpaired) electrons. The summed E-state index contributed by atoms with van der Waals surface area (Å²) >= 11 is 7.99. The molecule has 194 valence electrons. The smallest absolute Gasteiger partial charge is 0.344 e. The van der Waals surface area contributed by atoms with Crippen molar-refractivity contribution in [3.05, 3.63) is 76.1 Å². The van der Waals surface area contributed by atoms with Gasteiger partial charge in [-0.2, -0.15) is 5.26 Å². The Labute approximate surface area is 227 Å². The van der Waals surface area contributed by atoms with E-state index in [2.05, 4.69) is 16.0 Å². The number of thioether (sulfide) groups is 1. The van der Waals surface area contributed by atoms with Crippen molar-refractivity contribution in [1.82, 2.24) is 9.97 Å². The van der Waals surface area contributed by atoms with E-state index in [-0.39, 0.29) is 22.9 Å². The lowest BCUT2D eigenvalue weighted by Gasteiger charge is -2.27. The quantitative estimate of drug-likeness (QED) is 0.176. The Morgan fingerprint density at radius 1 is 1.05 bits per heavy atom. The Morgan fingerprint density at radius 2 is 1.76 bits per heavy atom. The van der Waals surface area contributed by atoms with E-state index in [4.69, 9.17) is 25.8 Å². The van der Waals surface area contributed by atoms with Crippen molar-refractivity contribution in [2.75, 3.05) is 12.9 Å². The Kier molecular flexibility index (Phi) is 9.06. The van der Waals surface area contributed by atoms with Gasteiger partial charge in [0.1, 0.15) is 24.0 Å². The fourth-order valence-corrected chi connectivity index (χ4v) is 4.18. The highest BCUT2D eigenvalue weighted by atomic mass is 35.5. The van der Waals surface area contributed by atoms with Gasteiger partial charge >= 0.3 is 5.97 Å². The first-order valence-corrected chi connectivity index (χ1v) is 13.2. The highest BCUT2D eigenvalue weighted by molar-refractivity contribution is 7.98. The molecule has 3 aromatic rings. The number of ether oxygens (including phenoxy) is 3. The zero-order valence-corrected chi connectivity index (χ0v) is 23.4. The predicted molar refractivity (Wildman–Crippen MR) is 144 cm³/mol. The Balaban J connectivity index is 1.74. The molecule has 0 aliphatic carbocycles. The van der Waals surface area contributed by atoms with E-state index < -0.39 is 17.0 Å². The van der Waals surface area contributed by atoms with Crippen LogP contribution in [0.2, 0.25) is 5.02 Å². The topological polar surface area (TPSA) is 94.3 Å². The van der Waals surface area contributed by atoms with Crippen LogP contribution in [0.5, 0.6) is 11.5 Å². The SMILES string of the molecule is CSc1nccc(COc2ccc(C(C)(C)c3cc(Cl)c(OCC(=O)OC(C)(C)C)c(C#N)c3)cc2)n1. The van der Waals surface area contributed by atoms with E-state index in [1.54, 1.807) is 39.1 Å². The summed E-state index contributed by atoms with van der Waals surface area (Å²) in [6, 6.07) is 15.2. The van der Waals surface area contributed by atoms with Crippen molar-refractivity contribution in [1.29, 1.82) is 5.26 Å². The number of esters is 1. The number of aromatic nitrogens is 2. The van der Waals surface area contributed by atoms with Crippen LogP contribution in [-0.4, -0.2) is 34.4 Å². The molecule has 0 fully saturated rings. The van der Waals surface area contributed by atoms with Crippen LogP contribution < -0.4 is 9.47 Å². The van der Waals surface area contributed by atoms with Gasteiger partial charge in [0.15, 0.2) is 17.5 Å². The lowest BCUT2D eigenvalue weighted by Crippen LogP contribution is -2.27. The second-order valence-electron chi connectivity index (χ2n) is 9.79. The fourth-order valence-electron chi connectivity index (χ4n) is 3.53. The van der Waals surface area contributed by atoms with Crippen LogP contribution in [-0.2, 0) is 21.6 Å². The van der Waals surface area contributed by atoms with E-state index in [1.165, 1.54) is 11.8 Å². The molecule has 37 heavy (non-hydrogen) atoms. The van der Waals surface area contributed by atoms with Crippen LogP contribution in [0.15, 0.2) is 53.8 Å². The molecule has 0 aliphatic rings. The number of carbonyl (C=O) groups is 1. The molecule has 0 unspecified atom stereocenters. The number of nitrogens with zero attached hydrogens (tertiary/aromatic N) is 3. The van der Waals surface area contributed by atoms with Crippen molar-refractivity contribution < 1.29 is 19.0 Å². The number of hydrogen-bond donors (Lipinski definition) is 0. The van der Waals surface area contributed by atoms with Crippen molar-refractivity contribution >= 4 is 29.3 Å². The maximum Gasteiger partial charge on any atom is 0.344 e. The molecule has 0 bridgehead atoms. The first-order valence-electron chi connectivity index (χ1n) is 11.6. The minimum Gasteiger partial charge on any atom is -0.487 e. The zero-order chi connectivity index (χ0) is 27.2. The molecular weight excluding hydrogens is 510 g/mol. The van der Waals surface area contributed by atoms with Crippen molar-refractivity contribution in [2.24, 2.45) is 0 Å². The second kappa shape index (κ2) is 11.8. The molecule has 3 rings (SSSR count). The predicted octanol–water partition coefficient (Wildman–Crippen LogP) is 6.35. The zero-order valence-electron chi connectivity index (χ0n) is 21.8. The van der Waals surface area contributed by atoms with Gasteiger partial charge in [0, 0.05) is 11.6 Å². The van der Waals surface area contributed by atoms with Gasteiger partial charge in [-0.05, 0) is 68.5 Å². The summed E-state index contributed by atoms with van der Waals surface area (Å²) in [6.45, 7) is 9.40. The normalized spacial score (nSPS) is 11.5. The number of rotatable bonds is 9. The minimum absolute atomic E-state index is 0.160. The summed E-state index contributed by atoms with van der Waals surface area (Å²) in [6.07, 6.45) is 3.65. The third-order valence-corrected chi connectivity index (χ3v) is 6.32. The van der Waals surface area contributed by atoms with Gasteiger partial charge in [0.2, 0.25) is 0 Å². The molecule has 2 aromatic carbocycles. The molecule has 7 nitrogen and oxygen atoms in total. The van der Waals surface area contributed by atoms with E-state index in [0.717, 1.165) is 16.8 Å². The van der Waals surface area contributed by atoms with Gasteiger partial charge < -0.3 is 14.2 Å². The van der Waals surface area contributed by atoms with E-state index in [9.17, 15) is 10.1 Å². The summed E-state index contributed by atoms with van der Waals surface area (Å²) in [5, 5.41) is 10.7. The molecule has 0 saturated carbocycles. The summed E-state index contributed by atoms with van der Waals surface area (Å²) in [7, 11) is 0. The average molecular weight is 540 g/mol. The summed E-state index contributed by atoms with van der Waals surface area (Å²) in [5.74, 6) is 0.335. The van der Waals surface area contributed by atoms with Crippen LogP contribution in [0, 0.1) is 11.3 Å². The molecule has 9 heteroatoms. The summed E-state index contributed by atoms with van der Waals surface area (Å²) < 4.78 is 16.7. The fraction of sp³-hybridized carbons (Fsp3) is 0.357. The molecule has 0 saturated heterocycles. The number of hydrogen-bond acceptors (Lipinski definition) is 8. The Bertz CT molecular complexity index is 1300. The number of nitriles is 1. The molecular formula is C28H30ClN3O4S. The van der Waals surface area contributed by atoms with Gasteiger partial charge in [-0.3, -0.25) is 0 Å². The molecule has 0 amide bonds. The number of carbonyl (C=O) groups excluding carboxylic acids is 1. The number of benzene rings is 2. The van der Waals surface area contributed by atoms with Crippen molar-refractivity contribution in [2.45, 2.75) is 57.4 Å². The van der Waals surface area contributed by atoms with Gasteiger partial charge in [-0.25, -0.2) is 14.8 Å². The van der Waals surface area contributed by atoms with Gasteiger partial charge in [-0.15, -0.1) is 0 Å². The molecule has 0 aliphatic heterocycles. The first kappa shape index (κ1) is 28.3. The van der Waals surface area contributed by atoms with Gasteiger partial charge in [0.05, 0.1) is 16.3 Å². The molecule has 1 aromatic heterocycles. The number of halogens is 1. The van der Waals surface area contributed by atoms with Gasteiger partial charge in [0.25, 0.3) is 0 Å². The Hall–Kier alpha value is -3.28. The summed E-state index contributed by atoms with van der Waals surface area (Å²) in [4.78, 5) is 20.6.